The van der Waals surface area contributed by atoms with Gasteiger partial charge < -0.3 is 19.5 Å². The average Bonchev–Trinajstić information content (AvgIpc) is 3.18. The predicted octanol–water partition coefficient (Wildman–Crippen LogP) is 1.20. The summed E-state index contributed by atoms with van der Waals surface area (Å²) in [4.78, 5) is 26.1. The highest BCUT2D eigenvalue weighted by Gasteiger charge is 2.70. The van der Waals surface area contributed by atoms with Crippen molar-refractivity contribution in [1.29, 1.82) is 0 Å². The van der Waals surface area contributed by atoms with E-state index >= 15 is 0 Å². The minimum absolute atomic E-state index is 0.125. The number of hydrogen-bond donors (Lipinski definition) is 0. The predicted molar refractivity (Wildman–Crippen MR) is 85.8 cm³/mol. The van der Waals surface area contributed by atoms with Crippen LogP contribution in [0.4, 0.5) is 10.1 Å². The first-order valence-corrected chi connectivity index (χ1v) is 8.17. The van der Waals surface area contributed by atoms with E-state index in [4.69, 9.17) is 4.74 Å². The molecule has 0 radical (unpaired) electrons. The second-order valence-electron chi connectivity index (χ2n) is 6.95. The van der Waals surface area contributed by atoms with Crippen LogP contribution in [-0.4, -0.2) is 29.6 Å². The maximum absolute atomic E-state index is 14.4. The summed E-state index contributed by atoms with van der Waals surface area (Å²) in [5.41, 5.74) is -0.167. The first kappa shape index (κ1) is 16.0. The Morgan fingerprint density at radius 1 is 1.44 bits per heavy atom. The number of carboxylic acid groups (broad SMARTS) is 1. The van der Waals surface area contributed by atoms with Gasteiger partial charge in [-0.15, -0.1) is 6.58 Å². The molecule has 3 aliphatic heterocycles. The zero-order valence-electron chi connectivity index (χ0n) is 13.6. The van der Waals surface area contributed by atoms with Gasteiger partial charge in [0.2, 0.25) is 5.91 Å². The van der Waals surface area contributed by atoms with Gasteiger partial charge in [-0.1, -0.05) is 29.9 Å². The van der Waals surface area contributed by atoms with E-state index in [-0.39, 0.29) is 5.69 Å². The second kappa shape index (κ2) is 5.26. The molecule has 5 atom stereocenters. The van der Waals surface area contributed by atoms with Crippen LogP contribution >= 0.6 is 0 Å². The number of halogens is 1. The van der Waals surface area contributed by atoms with E-state index in [2.05, 4.69) is 6.58 Å². The molecule has 1 aromatic rings. The van der Waals surface area contributed by atoms with E-state index in [0.29, 0.717) is 6.42 Å². The van der Waals surface area contributed by atoms with Gasteiger partial charge in [0, 0.05) is 11.9 Å². The molecule has 0 unspecified atom stereocenters. The summed E-state index contributed by atoms with van der Waals surface area (Å²) < 4.78 is 20.4. The van der Waals surface area contributed by atoms with Crippen LogP contribution in [0.25, 0.3) is 0 Å². The fourth-order valence-corrected chi connectivity index (χ4v) is 4.43. The third kappa shape index (κ3) is 2.03. The number of carbonyl (C=O) groups is 2. The van der Waals surface area contributed by atoms with Gasteiger partial charge in [0.05, 0.1) is 23.8 Å². The number of anilines is 1. The molecular weight excluding hydrogens is 325 g/mol. The first-order valence-electron chi connectivity index (χ1n) is 8.17. The number of hydrogen-bond acceptors (Lipinski definition) is 4. The third-order valence-corrected chi connectivity index (χ3v) is 5.35. The summed E-state index contributed by atoms with van der Waals surface area (Å²) in [6.45, 7) is 5.72. The molecule has 5 nitrogen and oxygen atoms in total. The average molecular weight is 342 g/mol. The molecule has 1 spiro atoms. The van der Waals surface area contributed by atoms with Crippen molar-refractivity contribution in [1.82, 2.24) is 0 Å². The van der Waals surface area contributed by atoms with Crippen molar-refractivity contribution < 1.29 is 23.8 Å². The Bertz CT molecular complexity index is 819. The Morgan fingerprint density at radius 3 is 2.80 bits per heavy atom. The van der Waals surface area contributed by atoms with Crippen LogP contribution in [-0.2, 0) is 14.3 Å². The summed E-state index contributed by atoms with van der Waals surface area (Å²) in [5.74, 6) is -4.29. The summed E-state index contributed by atoms with van der Waals surface area (Å²) >= 11 is 0. The van der Waals surface area contributed by atoms with Gasteiger partial charge in [0.25, 0.3) is 0 Å². The van der Waals surface area contributed by atoms with Gasteiger partial charge in [-0.2, -0.15) is 0 Å². The second-order valence-corrected chi connectivity index (χ2v) is 6.95. The number of amides is 1. The van der Waals surface area contributed by atoms with Crippen LogP contribution in [0.5, 0.6) is 0 Å². The van der Waals surface area contributed by atoms with Crippen molar-refractivity contribution >= 4 is 17.6 Å². The van der Waals surface area contributed by atoms with E-state index < -0.39 is 47.3 Å². The lowest BCUT2D eigenvalue weighted by Crippen LogP contribution is -2.46. The number of carbonyl (C=O) groups excluding carboxylic acids is 2. The molecule has 2 fully saturated rings. The van der Waals surface area contributed by atoms with E-state index in [1.807, 2.05) is 6.92 Å². The number of para-hydroxylation sites is 1. The zero-order valence-corrected chi connectivity index (χ0v) is 13.6. The molecule has 1 amide bonds. The quantitative estimate of drug-likeness (QED) is 0.771. The van der Waals surface area contributed by atoms with Gasteiger partial charge in [-0.25, -0.2) is 4.39 Å². The number of aliphatic carboxylic acids is 1. The van der Waals surface area contributed by atoms with Crippen LogP contribution in [0.1, 0.15) is 13.3 Å². The molecule has 0 saturated carbocycles. The molecule has 2 bridgehead atoms. The lowest BCUT2D eigenvalue weighted by molar-refractivity contribution is -0.313. The lowest BCUT2D eigenvalue weighted by Gasteiger charge is -2.33. The van der Waals surface area contributed by atoms with Crippen LogP contribution in [0, 0.1) is 17.7 Å². The topological polar surface area (TPSA) is 69.7 Å². The third-order valence-electron chi connectivity index (χ3n) is 5.35. The van der Waals surface area contributed by atoms with Gasteiger partial charge in [-0.3, -0.25) is 4.79 Å². The standard InChI is InChI=1S/C19H18FNO4/c1-10(2)9-14-19-8-7-13(25-19)15(18(23)24)16(19)17(22)21(14)12-6-4-3-5-11(12)20/h3-8,13-16H,1,9H2,2H3,(H,23,24)/p-1/t13-,14+,15-,16+,19+/m0/s1. The Labute approximate surface area is 144 Å². The highest BCUT2D eigenvalue weighted by atomic mass is 19.1. The summed E-state index contributed by atoms with van der Waals surface area (Å²) in [6.07, 6.45) is 3.12. The van der Waals surface area contributed by atoms with Gasteiger partial charge in [-0.05, 0) is 25.5 Å². The van der Waals surface area contributed by atoms with Gasteiger partial charge in [0.1, 0.15) is 11.4 Å². The number of nitrogens with zero attached hydrogens (tertiary/aromatic N) is 1. The van der Waals surface area contributed by atoms with E-state index in [1.54, 1.807) is 18.2 Å². The molecule has 3 heterocycles. The Kier molecular flexibility index (Phi) is 3.37. The molecule has 1 aromatic carbocycles. The van der Waals surface area contributed by atoms with Crippen molar-refractivity contribution in [3.8, 4) is 0 Å². The SMILES string of the molecule is C=C(C)C[C@H]1N(c2ccccc2F)C(=O)[C@H]2[C@@H](C(=O)[O-])[C@@H]3C=C[C@]21O3. The number of ether oxygens (including phenoxy) is 1. The maximum Gasteiger partial charge on any atom is 0.234 e. The Balaban J connectivity index is 1.87. The number of rotatable bonds is 4. The molecule has 25 heavy (non-hydrogen) atoms. The first-order chi connectivity index (χ1) is 11.9. The van der Waals surface area contributed by atoms with E-state index in [9.17, 15) is 19.1 Å². The maximum atomic E-state index is 14.4. The Morgan fingerprint density at radius 2 is 2.16 bits per heavy atom. The normalized spacial score (nSPS) is 35.3. The summed E-state index contributed by atoms with van der Waals surface area (Å²) in [6, 6.07) is 5.42. The van der Waals surface area contributed by atoms with Gasteiger partial charge >= 0.3 is 0 Å². The van der Waals surface area contributed by atoms with E-state index in [0.717, 1.165) is 5.57 Å². The number of benzene rings is 1. The molecule has 0 aromatic heterocycles. The fraction of sp³-hybridized carbons (Fsp3) is 0.368. The van der Waals surface area contributed by atoms with Crippen LogP contribution in [0.2, 0.25) is 0 Å². The molecule has 4 rings (SSSR count). The van der Waals surface area contributed by atoms with Crippen LogP contribution < -0.4 is 10.0 Å². The summed E-state index contributed by atoms with van der Waals surface area (Å²) in [5, 5.41) is 11.6. The molecule has 6 heteroatoms. The monoisotopic (exact) mass is 342 g/mol. The molecule has 0 N–H and O–H groups in total. The molecule has 130 valence electrons. The van der Waals surface area contributed by atoms with Crippen LogP contribution in [0.15, 0.2) is 48.6 Å². The van der Waals surface area contributed by atoms with Crippen LogP contribution in [0.3, 0.4) is 0 Å². The highest BCUT2D eigenvalue weighted by Crippen LogP contribution is 2.56. The molecule has 3 aliphatic rings. The molecular formula is C19H17FNO4-. The molecule has 0 aliphatic carbocycles. The van der Waals surface area contributed by atoms with Crippen molar-refractivity contribution in [2.45, 2.75) is 31.1 Å². The van der Waals surface area contributed by atoms with Crippen molar-refractivity contribution in [2.75, 3.05) is 4.90 Å². The van der Waals surface area contributed by atoms with Gasteiger partial charge in [0.15, 0.2) is 0 Å². The van der Waals surface area contributed by atoms with Crippen molar-refractivity contribution in [2.24, 2.45) is 11.8 Å². The largest absolute Gasteiger partial charge is 0.550 e. The minimum Gasteiger partial charge on any atom is -0.550 e. The smallest absolute Gasteiger partial charge is 0.234 e. The van der Waals surface area contributed by atoms with Crippen molar-refractivity contribution in [3.05, 3.63) is 54.4 Å². The lowest BCUT2D eigenvalue weighted by atomic mass is 9.74. The highest BCUT2D eigenvalue weighted by molar-refractivity contribution is 6.03. The fourth-order valence-electron chi connectivity index (χ4n) is 4.43. The Hall–Kier alpha value is -2.47. The minimum atomic E-state index is -1.32. The number of fused-ring (bicyclic) bond motifs is 1. The molecule has 2 saturated heterocycles. The number of carboxylic acids is 1. The summed E-state index contributed by atoms with van der Waals surface area (Å²) in [7, 11) is 0. The van der Waals surface area contributed by atoms with Crippen molar-refractivity contribution in [3.63, 3.8) is 0 Å². The van der Waals surface area contributed by atoms with E-state index in [1.165, 1.54) is 23.1 Å². The zero-order chi connectivity index (χ0) is 17.9.